The molecule has 1 aromatic carbocycles. The lowest BCUT2D eigenvalue weighted by atomic mass is 10.0. The summed E-state index contributed by atoms with van der Waals surface area (Å²) in [6.45, 7) is 4.37. The highest BCUT2D eigenvalue weighted by Crippen LogP contribution is 2.20. The van der Waals surface area contributed by atoms with E-state index < -0.39 is 0 Å². The minimum atomic E-state index is 0.418. The van der Waals surface area contributed by atoms with Gasteiger partial charge < -0.3 is 0 Å². The minimum absolute atomic E-state index is 0.418. The van der Waals surface area contributed by atoms with Gasteiger partial charge in [-0.2, -0.15) is 0 Å². The number of aliphatic imine (C=N–C) groups is 1. The third-order valence-electron chi connectivity index (χ3n) is 2.73. The summed E-state index contributed by atoms with van der Waals surface area (Å²) in [5, 5.41) is 0.752. The first-order valence-corrected chi connectivity index (χ1v) is 6.44. The van der Waals surface area contributed by atoms with E-state index in [0.717, 1.165) is 23.7 Å². The Hall–Kier alpha value is -0.820. The van der Waals surface area contributed by atoms with E-state index in [2.05, 4.69) is 18.8 Å². The van der Waals surface area contributed by atoms with E-state index in [4.69, 9.17) is 11.6 Å². The van der Waals surface area contributed by atoms with Crippen LogP contribution in [0.2, 0.25) is 0 Å². The first-order valence-electron chi connectivity index (χ1n) is 6.07. The zero-order valence-electron chi connectivity index (χ0n) is 10.1. The Balaban J connectivity index is 2.67. The highest BCUT2D eigenvalue weighted by atomic mass is 35.5. The number of unbranched alkanes of at least 4 members (excludes halogenated alkanes) is 1. The van der Waals surface area contributed by atoms with Gasteiger partial charge in [-0.15, -0.1) is 0 Å². The number of nitrogens with zero attached hydrogens (tertiary/aromatic N) is 1. The molecule has 0 N–H and O–H groups in total. The zero-order valence-corrected chi connectivity index (χ0v) is 10.9. The van der Waals surface area contributed by atoms with Gasteiger partial charge in [-0.3, -0.25) is 0 Å². The fraction of sp³-hybridized carbons (Fsp3) is 0.500. The van der Waals surface area contributed by atoms with Crippen molar-refractivity contribution in [2.75, 3.05) is 0 Å². The van der Waals surface area contributed by atoms with Crippen LogP contribution in [0.25, 0.3) is 0 Å². The summed E-state index contributed by atoms with van der Waals surface area (Å²) in [5.74, 6) is 0.418. The van der Waals surface area contributed by atoms with Gasteiger partial charge in [-0.05, 0) is 25.0 Å². The topological polar surface area (TPSA) is 12.4 Å². The molecule has 0 radical (unpaired) electrons. The van der Waals surface area contributed by atoms with Crippen molar-refractivity contribution >= 4 is 22.5 Å². The van der Waals surface area contributed by atoms with Gasteiger partial charge in [0.05, 0.1) is 5.69 Å². The van der Waals surface area contributed by atoms with Gasteiger partial charge in [0.25, 0.3) is 0 Å². The first kappa shape index (κ1) is 13.2. The lowest BCUT2D eigenvalue weighted by Crippen LogP contribution is -2.07. The standard InChI is InChI=1S/C14H20ClN/c1-3-5-9-12(4-2)14(15)16-13-10-7-6-8-11-13/h6-8,10-12H,3-5,9H2,1-2H3. The molecule has 2 heteroatoms. The molecule has 0 heterocycles. The smallest absolute Gasteiger partial charge is 0.110 e. The van der Waals surface area contributed by atoms with Gasteiger partial charge in [0.15, 0.2) is 0 Å². The molecular weight excluding hydrogens is 218 g/mol. The molecule has 0 aliphatic carbocycles. The summed E-state index contributed by atoms with van der Waals surface area (Å²) in [6.07, 6.45) is 4.64. The van der Waals surface area contributed by atoms with E-state index in [-0.39, 0.29) is 0 Å². The van der Waals surface area contributed by atoms with Gasteiger partial charge in [0.1, 0.15) is 5.17 Å². The summed E-state index contributed by atoms with van der Waals surface area (Å²) in [4.78, 5) is 4.47. The largest absolute Gasteiger partial charge is 0.241 e. The van der Waals surface area contributed by atoms with Crippen molar-refractivity contribution in [1.82, 2.24) is 0 Å². The fourth-order valence-electron chi connectivity index (χ4n) is 1.66. The van der Waals surface area contributed by atoms with Crippen LogP contribution >= 0.6 is 11.6 Å². The molecule has 16 heavy (non-hydrogen) atoms. The van der Waals surface area contributed by atoms with Crippen molar-refractivity contribution in [2.24, 2.45) is 10.9 Å². The maximum absolute atomic E-state index is 6.27. The average molecular weight is 238 g/mol. The van der Waals surface area contributed by atoms with Crippen molar-refractivity contribution < 1.29 is 0 Å². The van der Waals surface area contributed by atoms with Crippen molar-refractivity contribution in [3.63, 3.8) is 0 Å². The molecule has 0 spiro atoms. The number of para-hydroxylation sites is 1. The van der Waals surface area contributed by atoms with Crippen molar-refractivity contribution in [1.29, 1.82) is 0 Å². The second-order valence-electron chi connectivity index (χ2n) is 4.02. The summed E-state index contributed by atoms with van der Waals surface area (Å²) >= 11 is 6.27. The zero-order chi connectivity index (χ0) is 11.8. The van der Waals surface area contributed by atoms with Crippen LogP contribution in [0, 0.1) is 5.92 Å². The SMILES string of the molecule is CCCCC(CC)C(Cl)=Nc1ccccc1. The molecule has 1 atom stereocenters. The second-order valence-corrected chi connectivity index (χ2v) is 4.40. The molecule has 1 aromatic rings. The molecule has 88 valence electrons. The molecule has 1 nitrogen and oxygen atoms in total. The maximum atomic E-state index is 6.27. The normalized spacial score (nSPS) is 13.8. The van der Waals surface area contributed by atoms with E-state index >= 15 is 0 Å². The van der Waals surface area contributed by atoms with Gasteiger partial charge in [0, 0.05) is 5.92 Å². The monoisotopic (exact) mass is 237 g/mol. The summed E-state index contributed by atoms with van der Waals surface area (Å²) in [6, 6.07) is 9.91. The second kappa shape index (κ2) is 7.45. The molecule has 0 aliphatic rings. The molecule has 0 aromatic heterocycles. The number of hydrogen-bond acceptors (Lipinski definition) is 1. The highest BCUT2D eigenvalue weighted by molar-refractivity contribution is 6.66. The lowest BCUT2D eigenvalue weighted by Gasteiger charge is -2.12. The van der Waals surface area contributed by atoms with Gasteiger partial charge in [-0.25, -0.2) is 4.99 Å². The molecule has 1 rings (SSSR count). The third kappa shape index (κ3) is 4.36. The minimum Gasteiger partial charge on any atom is -0.241 e. The Bertz CT molecular complexity index is 319. The van der Waals surface area contributed by atoms with E-state index in [0.29, 0.717) is 5.92 Å². The molecule has 0 bridgehead atoms. The Morgan fingerprint density at radius 1 is 1.25 bits per heavy atom. The van der Waals surface area contributed by atoms with Crippen molar-refractivity contribution in [2.45, 2.75) is 39.5 Å². The Labute approximate surface area is 104 Å². The maximum Gasteiger partial charge on any atom is 0.110 e. The van der Waals surface area contributed by atoms with Gasteiger partial charge in [-0.1, -0.05) is 56.5 Å². The Kier molecular flexibility index (Phi) is 6.17. The molecule has 0 saturated heterocycles. The van der Waals surface area contributed by atoms with Crippen LogP contribution in [-0.2, 0) is 0 Å². The summed E-state index contributed by atoms with van der Waals surface area (Å²) < 4.78 is 0. The van der Waals surface area contributed by atoms with Gasteiger partial charge in [0.2, 0.25) is 0 Å². The number of hydrogen-bond donors (Lipinski definition) is 0. The molecule has 0 aliphatic heterocycles. The third-order valence-corrected chi connectivity index (χ3v) is 3.12. The van der Waals surface area contributed by atoms with Crippen LogP contribution in [0.1, 0.15) is 39.5 Å². The van der Waals surface area contributed by atoms with Gasteiger partial charge >= 0.3 is 0 Å². The van der Waals surface area contributed by atoms with E-state index in [1.807, 2.05) is 30.3 Å². The van der Waals surface area contributed by atoms with Crippen LogP contribution in [-0.4, -0.2) is 5.17 Å². The Morgan fingerprint density at radius 2 is 1.94 bits per heavy atom. The van der Waals surface area contributed by atoms with Crippen LogP contribution < -0.4 is 0 Å². The number of halogens is 1. The van der Waals surface area contributed by atoms with E-state index in [9.17, 15) is 0 Å². The summed E-state index contributed by atoms with van der Waals surface area (Å²) in [5.41, 5.74) is 0.947. The van der Waals surface area contributed by atoms with Crippen molar-refractivity contribution in [3.05, 3.63) is 30.3 Å². The molecular formula is C14H20ClN. The van der Waals surface area contributed by atoms with Crippen LogP contribution in [0.15, 0.2) is 35.3 Å². The predicted molar refractivity (Wildman–Crippen MR) is 72.7 cm³/mol. The van der Waals surface area contributed by atoms with E-state index in [1.54, 1.807) is 0 Å². The first-order chi connectivity index (χ1) is 7.77. The number of rotatable bonds is 6. The average Bonchev–Trinajstić information content (AvgIpc) is 2.31. The highest BCUT2D eigenvalue weighted by Gasteiger charge is 2.11. The molecule has 1 unspecified atom stereocenters. The predicted octanol–water partition coefficient (Wildman–Crippen LogP) is 5.17. The van der Waals surface area contributed by atoms with Crippen molar-refractivity contribution in [3.8, 4) is 0 Å². The quantitative estimate of drug-likeness (QED) is 0.605. The van der Waals surface area contributed by atoms with E-state index in [1.165, 1.54) is 12.8 Å². The van der Waals surface area contributed by atoms with Crippen LogP contribution in [0.4, 0.5) is 5.69 Å². The summed E-state index contributed by atoms with van der Waals surface area (Å²) in [7, 11) is 0. The van der Waals surface area contributed by atoms with Crippen LogP contribution in [0.3, 0.4) is 0 Å². The number of benzene rings is 1. The lowest BCUT2D eigenvalue weighted by molar-refractivity contribution is 0.573. The fourth-order valence-corrected chi connectivity index (χ4v) is 2.02. The Morgan fingerprint density at radius 3 is 2.50 bits per heavy atom. The molecule has 0 amide bonds. The molecule has 0 saturated carbocycles. The van der Waals surface area contributed by atoms with Crippen LogP contribution in [0.5, 0.6) is 0 Å². The molecule has 0 fully saturated rings.